The van der Waals surface area contributed by atoms with Crippen LogP contribution < -0.4 is 20.5 Å². The third-order valence-corrected chi connectivity index (χ3v) is 9.71. The van der Waals surface area contributed by atoms with Crippen LogP contribution in [0.4, 0.5) is 18.4 Å². The molecule has 2 aromatic heterocycles. The number of amides is 1. The van der Waals surface area contributed by atoms with Gasteiger partial charge in [-0.1, -0.05) is 71.7 Å². The fraction of sp³-hybridized carbons (Fsp3) is 0.217. The lowest BCUT2D eigenvalue weighted by Crippen LogP contribution is -2.24. The van der Waals surface area contributed by atoms with Crippen LogP contribution in [0.5, 0.6) is 11.5 Å². The second-order valence-electron chi connectivity index (χ2n) is 13.1. The number of aromatic nitrogens is 2. The molecule has 1 amide bonds. The standard InChI is InChI=1S/C23H21Cl2FN2O3.C20H18ClFN2O.C3H4Cl2O2/c1-30-20-8-6-17(22(26)21(20)16-3-2-4-18(25)12-16)11-15-5-7-19(27-13-15)14-28-23(29)31-10-9-24;1-25-18-8-6-15(9-13-5-7-17(11-23)24-12-13)20(22)19(18)14-3-2-4-16(21)10-14;4-1-2-7-3(5)6/h2-8,12-13H,9-11,14H2,1H3,(H,28,29);2-8,10,12H,9,11,23H2,1H3;1-2H2. The summed E-state index contributed by atoms with van der Waals surface area (Å²) in [5, 5.41) is 3.65. The number of nitrogens with zero attached hydrogens (tertiary/aromatic N) is 2. The number of halogens is 7. The van der Waals surface area contributed by atoms with Gasteiger partial charge in [-0.25, -0.2) is 18.4 Å². The number of nitrogens with two attached hydrogens (primary N) is 1. The van der Waals surface area contributed by atoms with Gasteiger partial charge in [-0.2, -0.15) is 0 Å². The van der Waals surface area contributed by atoms with Crippen LogP contribution in [-0.4, -0.2) is 60.7 Å². The van der Waals surface area contributed by atoms with Crippen LogP contribution in [0, 0.1) is 11.6 Å². The Morgan fingerprint density at radius 2 is 1.14 bits per heavy atom. The van der Waals surface area contributed by atoms with Crippen LogP contribution in [0.3, 0.4) is 0 Å². The summed E-state index contributed by atoms with van der Waals surface area (Å²) in [6.07, 6.45) is 3.61. The molecule has 17 heteroatoms. The minimum absolute atomic E-state index is 0.143. The smallest absolute Gasteiger partial charge is 0.407 e. The van der Waals surface area contributed by atoms with Crippen molar-refractivity contribution < 1.29 is 37.3 Å². The van der Waals surface area contributed by atoms with Crippen LogP contribution in [-0.2, 0) is 35.4 Å². The molecular formula is C46H43Cl5F2N4O6. The van der Waals surface area contributed by atoms with Gasteiger partial charge in [-0.15, -0.1) is 23.2 Å². The highest BCUT2D eigenvalue weighted by molar-refractivity contribution is 6.61. The number of alkyl halides is 2. The topological polar surface area (TPSA) is 135 Å². The van der Waals surface area contributed by atoms with E-state index in [4.69, 9.17) is 77.9 Å². The number of carbonyl (C=O) groups is 2. The van der Waals surface area contributed by atoms with Crippen molar-refractivity contribution in [3.8, 4) is 33.8 Å². The lowest BCUT2D eigenvalue weighted by Gasteiger charge is -2.14. The molecule has 0 aliphatic carbocycles. The molecule has 0 fully saturated rings. The van der Waals surface area contributed by atoms with E-state index in [2.05, 4.69) is 20.0 Å². The van der Waals surface area contributed by atoms with Crippen molar-refractivity contribution in [2.45, 2.75) is 25.9 Å². The summed E-state index contributed by atoms with van der Waals surface area (Å²) >= 11 is 27.5. The Balaban J connectivity index is 0.000000244. The zero-order valence-corrected chi connectivity index (χ0v) is 37.9. The largest absolute Gasteiger partial charge is 0.496 e. The molecule has 0 spiro atoms. The molecule has 2 heterocycles. The molecule has 0 aliphatic rings. The predicted octanol–water partition coefficient (Wildman–Crippen LogP) is 11.8. The Morgan fingerprint density at radius 3 is 1.52 bits per heavy atom. The molecule has 63 heavy (non-hydrogen) atoms. The van der Waals surface area contributed by atoms with E-state index in [1.165, 1.54) is 14.2 Å². The third-order valence-electron chi connectivity index (χ3n) is 8.82. The average molecular weight is 963 g/mol. The van der Waals surface area contributed by atoms with Crippen molar-refractivity contribution in [3.05, 3.63) is 165 Å². The summed E-state index contributed by atoms with van der Waals surface area (Å²) < 4.78 is 50.3. The Morgan fingerprint density at radius 1 is 0.667 bits per heavy atom. The second-order valence-corrected chi connectivity index (χ2v) is 15.0. The Kier molecular flexibility index (Phi) is 21.2. The molecule has 0 atom stereocenters. The first-order chi connectivity index (χ1) is 30.4. The number of alkyl carbamates (subject to hydrolysis) is 1. The molecule has 0 unspecified atom stereocenters. The van der Waals surface area contributed by atoms with Gasteiger partial charge in [0.15, 0.2) is 0 Å². The highest BCUT2D eigenvalue weighted by Gasteiger charge is 2.18. The number of rotatable bonds is 15. The summed E-state index contributed by atoms with van der Waals surface area (Å²) in [6, 6.07) is 28.4. The molecule has 6 aromatic rings. The van der Waals surface area contributed by atoms with Crippen molar-refractivity contribution >= 4 is 69.5 Å². The van der Waals surface area contributed by atoms with E-state index in [0.717, 1.165) is 16.8 Å². The first kappa shape index (κ1) is 50.4. The Hall–Kier alpha value is -5.21. The van der Waals surface area contributed by atoms with Gasteiger partial charge in [-0.05, 0) is 81.9 Å². The molecular weight excluding hydrogens is 920 g/mol. The number of nitrogens with one attached hydrogen (secondary N) is 1. The summed E-state index contributed by atoms with van der Waals surface area (Å²) in [7, 11) is 3.03. The third kappa shape index (κ3) is 15.8. The second kappa shape index (κ2) is 26.4. The van der Waals surface area contributed by atoms with Crippen LogP contribution in [0.25, 0.3) is 22.3 Å². The van der Waals surface area contributed by atoms with Crippen molar-refractivity contribution in [2.75, 3.05) is 39.2 Å². The fourth-order valence-corrected chi connectivity index (χ4v) is 6.50. The van der Waals surface area contributed by atoms with Crippen LogP contribution >= 0.6 is 58.0 Å². The first-order valence-corrected chi connectivity index (χ1v) is 21.3. The van der Waals surface area contributed by atoms with Gasteiger partial charge in [0.05, 0.1) is 55.0 Å². The zero-order chi connectivity index (χ0) is 45.7. The lowest BCUT2D eigenvalue weighted by molar-refractivity contribution is 0.152. The number of hydrogen-bond donors (Lipinski definition) is 2. The van der Waals surface area contributed by atoms with E-state index in [9.17, 15) is 9.59 Å². The molecule has 10 nitrogen and oxygen atoms in total. The van der Waals surface area contributed by atoms with Gasteiger partial charge in [-0.3, -0.25) is 9.97 Å². The van der Waals surface area contributed by atoms with Crippen LogP contribution in [0.2, 0.25) is 10.0 Å². The zero-order valence-electron chi connectivity index (χ0n) is 34.1. The lowest BCUT2D eigenvalue weighted by atomic mass is 9.97. The number of methoxy groups -OCH3 is 2. The van der Waals surface area contributed by atoms with Crippen molar-refractivity contribution in [2.24, 2.45) is 5.73 Å². The maximum absolute atomic E-state index is 15.4. The Labute approximate surface area is 389 Å². The normalized spacial score (nSPS) is 10.4. The van der Waals surface area contributed by atoms with E-state index in [1.54, 1.807) is 85.2 Å². The molecule has 3 N–H and O–H groups in total. The maximum atomic E-state index is 15.4. The molecule has 6 rings (SSSR count). The minimum atomic E-state index is -0.805. The fourth-order valence-electron chi connectivity index (χ4n) is 5.89. The van der Waals surface area contributed by atoms with Gasteiger partial charge in [0.1, 0.15) is 36.3 Å². The summed E-state index contributed by atoms with van der Waals surface area (Å²) in [4.78, 5) is 29.7. The monoisotopic (exact) mass is 960 g/mol. The number of hydrogen-bond acceptors (Lipinski definition) is 9. The van der Waals surface area contributed by atoms with E-state index in [1.807, 2.05) is 24.3 Å². The van der Waals surface area contributed by atoms with E-state index in [-0.39, 0.29) is 37.3 Å². The van der Waals surface area contributed by atoms with Crippen LogP contribution in [0.15, 0.2) is 109 Å². The maximum Gasteiger partial charge on any atom is 0.407 e. The molecule has 0 saturated carbocycles. The molecule has 0 radical (unpaired) electrons. The molecule has 0 aliphatic heterocycles. The molecule has 0 saturated heterocycles. The quantitative estimate of drug-likeness (QED) is 0.0762. The molecule has 332 valence electrons. The minimum Gasteiger partial charge on any atom is -0.496 e. The summed E-state index contributed by atoms with van der Waals surface area (Å²) in [5.74, 6) is 0.753. The number of carbonyl (C=O) groups excluding carboxylic acids is 2. The Bertz CT molecular complexity index is 2410. The highest BCUT2D eigenvalue weighted by Crippen LogP contribution is 2.37. The van der Waals surface area contributed by atoms with Gasteiger partial charge in [0.2, 0.25) is 0 Å². The predicted molar refractivity (Wildman–Crippen MR) is 246 cm³/mol. The van der Waals surface area contributed by atoms with E-state index < -0.39 is 11.5 Å². The van der Waals surface area contributed by atoms with Gasteiger partial charge in [0.25, 0.3) is 0 Å². The number of pyridine rings is 2. The average Bonchev–Trinajstić information content (AvgIpc) is 3.29. The summed E-state index contributed by atoms with van der Waals surface area (Å²) in [6.45, 7) is 0.932. The molecule has 4 aromatic carbocycles. The van der Waals surface area contributed by atoms with Crippen LogP contribution in [0.1, 0.15) is 33.6 Å². The number of benzene rings is 4. The molecule has 0 bridgehead atoms. The number of ether oxygens (including phenoxy) is 4. The van der Waals surface area contributed by atoms with E-state index >= 15 is 8.78 Å². The highest BCUT2D eigenvalue weighted by atomic mass is 35.5. The SMILES string of the molecule is COc1ccc(Cc2ccc(CN)nc2)c(F)c1-c1cccc(Cl)c1.COc1ccc(Cc2ccc(CNC(=O)OCCCl)nc2)c(F)c1-c1cccc(Cl)c1.O=C(Cl)OCCCl. The van der Waals surface area contributed by atoms with Gasteiger partial charge >= 0.3 is 11.5 Å². The van der Waals surface area contributed by atoms with Crippen molar-refractivity contribution in [3.63, 3.8) is 0 Å². The van der Waals surface area contributed by atoms with E-state index in [0.29, 0.717) is 85.9 Å². The van der Waals surface area contributed by atoms with Crippen molar-refractivity contribution in [1.82, 2.24) is 15.3 Å². The van der Waals surface area contributed by atoms with Gasteiger partial charge < -0.3 is 30.0 Å². The van der Waals surface area contributed by atoms with Crippen molar-refractivity contribution in [1.29, 1.82) is 0 Å². The summed E-state index contributed by atoms with van der Waals surface area (Å²) in [5.41, 5.74) is 11.1. The first-order valence-electron chi connectivity index (χ1n) is 19.1. The van der Waals surface area contributed by atoms with Gasteiger partial charge in [0, 0.05) is 53.4 Å².